The van der Waals surface area contributed by atoms with Crippen molar-refractivity contribution in [3.63, 3.8) is 0 Å². The van der Waals surface area contributed by atoms with Gasteiger partial charge >= 0.3 is 6.03 Å². The fraction of sp³-hybridized carbons (Fsp3) is 0.300. The Hall–Kier alpha value is -3.02. The second kappa shape index (κ2) is 7.91. The zero-order chi connectivity index (χ0) is 18.5. The average Bonchev–Trinajstić information content (AvgIpc) is 2.67. The lowest BCUT2D eigenvalue weighted by Gasteiger charge is -2.29. The van der Waals surface area contributed by atoms with E-state index in [0.717, 1.165) is 18.5 Å². The highest BCUT2D eigenvalue weighted by atomic mass is 16.5. The van der Waals surface area contributed by atoms with Crippen LogP contribution in [0.3, 0.4) is 0 Å². The van der Waals surface area contributed by atoms with Gasteiger partial charge in [0, 0.05) is 25.2 Å². The van der Waals surface area contributed by atoms with Gasteiger partial charge in [-0.3, -0.25) is 4.79 Å². The van der Waals surface area contributed by atoms with E-state index in [1.165, 1.54) is 5.56 Å². The second-order valence-corrected chi connectivity index (χ2v) is 6.18. The minimum Gasteiger partial charge on any atom is -0.495 e. The summed E-state index contributed by atoms with van der Waals surface area (Å²) in [6.07, 6.45) is 1.35. The van der Waals surface area contributed by atoms with Crippen LogP contribution in [0.1, 0.15) is 24.5 Å². The van der Waals surface area contributed by atoms with Crippen LogP contribution < -0.4 is 15.4 Å². The van der Waals surface area contributed by atoms with Gasteiger partial charge in [0.05, 0.1) is 12.8 Å². The predicted molar refractivity (Wildman–Crippen MR) is 101 cm³/mol. The Labute approximate surface area is 153 Å². The number of hydrogen-bond donors (Lipinski definition) is 2. The lowest BCUT2D eigenvalue weighted by molar-refractivity contribution is -0.131. The SMILES string of the molecule is CCC(=O)N1CCc2ccc(NC(=O)Nc3ccccc3OC)cc2C1. The molecule has 3 amide bonds. The van der Waals surface area contributed by atoms with Gasteiger partial charge in [-0.25, -0.2) is 4.79 Å². The van der Waals surface area contributed by atoms with Crippen LogP contribution in [-0.4, -0.2) is 30.5 Å². The number of para-hydroxylation sites is 2. The fourth-order valence-electron chi connectivity index (χ4n) is 3.10. The summed E-state index contributed by atoms with van der Waals surface area (Å²) in [5, 5.41) is 5.63. The molecule has 0 radical (unpaired) electrons. The number of hydrogen-bond acceptors (Lipinski definition) is 3. The summed E-state index contributed by atoms with van der Waals surface area (Å²) in [6.45, 7) is 3.21. The number of carbonyl (C=O) groups excluding carboxylic acids is 2. The average molecular weight is 353 g/mol. The first-order valence-electron chi connectivity index (χ1n) is 8.71. The maximum atomic E-state index is 12.3. The molecule has 26 heavy (non-hydrogen) atoms. The third kappa shape index (κ3) is 3.96. The molecule has 6 heteroatoms. The van der Waals surface area contributed by atoms with Gasteiger partial charge in [0.15, 0.2) is 0 Å². The minimum absolute atomic E-state index is 0.155. The number of anilines is 2. The normalized spacial score (nSPS) is 12.9. The van der Waals surface area contributed by atoms with Gasteiger partial charge in [-0.15, -0.1) is 0 Å². The molecule has 1 aliphatic heterocycles. The first-order chi connectivity index (χ1) is 12.6. The van der Waals surface area contributed by atoms with E-state index in [0.29, 0.717) is 30.1 Å². The number of ether oxygens (including phenoxy) is 1. The van der Waals surface area contributed by atoms with Crippen LogP contribution in [0.4, 0.5) is 16.2 Å². The smallest absolute Gasteiger partial charge is 0.323 e. The third-order valence-electron chi connectivity index (χ3n) is 4.49. The molecule has 0 saturated carbocycles. The minimum atomic E-state index is -0.341. The highest BCUT2D eigenvalue weighted by Crippen LogP contribution is 2.25. The highest BCUT2D eigenvalue weighted by Gasteiger charge is 2.20. The van der Waals surface area contributed by atoms with Gasteiger partial charge in [-0.2, -0.15) is 0 Å². The maximum absolute atomic E-state index is 12.3. The van der Waals surface area contributed by atoms with Crippen molar-refractivity contribution in [1.29, 1.82) is 0 Å². The Balaban J connectivity index is 1.69. The zero-order valence-corrected chi connectivity index (χ0v) is 15.0. The quantitative estimate of drug-likeness (QED) is 0.882. The summed E-state index contributed by atoms with van der Waals surface area (Å²) >= 11 is 0. The lowest BCUT2D eigenvalue weighted by Crippen LogP contribution is -2.35. The largest absolute Gasteiger partial charge is 0.495 e. The van der Waals surface area contributed by atoms with E-state index in [4.69, 9.17) is 4.74 Å². The molecule has 2 N–H and O–H groups in total. The van der Waals surface area contributed by atoms with Gasteiger partial charge in [-0.1, -0.05) is 25.1 Å². The summed E-state index contributed by atoms with van der Waals surface area (Å²) in [5.41, 5.74) is 3.60. The Bertz CT molecular complexity index is 820. The number of fused-ring (bicyclic) bond motifs is 1. The first-order valence-corrected chi connectivity index (χ1v) is 8.71. The number of amides is 3. The van der Waals surface area contributed by atoms with E-state index in [1.54, 1.807) is 19.2 Å². The van der Waals surface area contributed by atoms with E-state index in [1.807, 2.05) is 42.2 Å². The second-order valence-electron chi connectivity index (χ2n) is 6.18. The van der Waals surface area contributed by atoms with E-state index in [9.17, 15) is 9.59 Å². The van der Waals surface area contributed by atoms with Crippen molar-refractivity contribution in [1.82, 2.24) is 4.90 Å². The molecule has 0 fully saturated rings. The van der Waals surface area contributed by atoms with Crippen LogP contribution in [-0.2, 0) is 17.8 Å². The lowest BCUT2D eigenvalue weighted by atomic mass is 9.99. The molecule has 0 atom stereocenters. The summed E-state index contributed by atoms with van der Waals surface area (Å²) in [7, 11) is 1.56. The molecule has 1 aliphatic rings. The molecule has 0 aromatic heterocycles. The maximum Gasteiger partial charge on any atom is 0.323 e. The topological polar surface area (TPSA) is 70.7 Å². The van der Waals surface area contributed by atoms with Gasteiger partial charge in [0.1, 0.15) is 5.75 Å². The molecular formula is C20H23N3O3. The highest BCUT2D eigenvalue weighted by molar-refractivity contribution is 6.00. The Kier molecular flexibility index (Phi) is 5.41. The molecule has 0 bridgehead atoms. The molecule has 3 rings (SSSR count). The van der Waals surface area contributed by atoms with Crippen molar-refractivity contribution >= 4 is 23.3 Å². The summed E-state index contributed by atoms with van der Waals surface area (Å²) in [4.78, 5) is 26.1. The first kappa shape index (κ1) is 17.8. The zero-order valence-electron chi connectivity index (χ0n) is 15.0. The van der Waals surface area contributed by atoms with E-state index >= 15 is 0 Å². The van der Waals surface area contributed by atoms with E-state index < -0.39 is 0 Å². The molecule has 0 unspecified atom stereocenters. The third-order valence-corrected chi connectivity index (χ3v) is 4.49. The molecule has 2 aromatic rings. The fourth-order valence-corrected chi connectivity index (χ4v) is 3.10. The number of nitrogens with one attached hydrogen (secondary N) is 2. The number of carbonyl (C=O) groups is 2. The molecule has 136 valence electrons. The number of rotatable bonds is 4. The van der Waals surface area contributed by atoms with Crippen molar-refractivity contribution in [2.75, 3.05) is 24.3 Å². The van der Waals surface area contributed by atoms with Gasteiger partial charge in [0.2, 0.25) is 5.91 Å². The van der Waals surface area contributed by atoms with E-state index in [2.05, 4.69) is 10.6 Å². The van der Waals surface area contributed by atoms with Crippen molar-refractivity contribution in [3.05, 3.63) is 53.6 Å². The summed E-state index contributed by atoms with van der Waals surface area (Å²) in [6, 6.07) is 12.7. The van der Waals surface area contributed by atoms with E-state index in [-0.39, 0.29) is 11.9 Å². The molecule has 1 heterocycles. The summed E-state index contributed by atoms with van der Waals surface area (Å²) in [5.74, 6) is 0.754. The van der Waals surface area contributed by atoms with Crippen LogP contribution in [0.15, 0.2) is 42.5 Å². The molecule has 0 aliphatic carbocycles. The Morgan fingerprint density at radius 1 is 1.12 bits per heavy atom. The van der Waals surface area contributed by atoms with Crippen molar-refractivity contribution in [2.45, 2.75) is 26.3 Å². The predicted octanol–water partition coefficient (Wildman–Crippen LogP) is 3.63. The van der Waals surface area contributed by atoms with Crippen molar-refractivity contribution in [2.24, 2.45) is 0 Å². The summed E-state index contributed by atoms with van der Waals surface area (Å²) < 4.78 is 5.24. The van der Waals surface area contributed by atoms with Gasteiger partial charge in [-0.05, 0) is 41.8 Å². The number of urea groups is 1. The Morgan fingerprint density at radius 3 is 2.69 bits per heavy atom. The van der Waals surface area contributed by atoms with Crippen LogP contribution in [0.2, 0.25) is 0 Å². The number of nitrogens with zero attached hydrogens (tertiary/aromatic N) is 1. The molecule has 2 aromatic carbocycles. The van der Waals surface area contributed by atoms with Gasteiger partial charge in [0.25, 0.3) is 0 Å². The molecular weight excluding hydrogens is 330 g/mol. The van der Waals surface area contributed by atoms with Gasteiger partial charge < -0.3 is 20.3 Å². The standard InChI is InChI=1S/C20H23N3O3/c1-3-19(24)23-11-10-14-8-9-16(12-15(14)13-23)21-20(25)22-17-6-4-5-7-18(17)26-2/h4-9,12H,3,10-11,13H2,1-2H3,(H2,21,22,25). The van der Waals surface area contributed by atoms with Crippen molar-refractivity contribution < 1.29 is 14.3 Å². The van der Waals surface area contributed by atoms with Crippen molar-refractivity contribution in [3.8, 4) is 5.75 Å². The number of methoxy groups -OCH3 is 1. The van der Waals surface area contributed by atoms with Crippen LogP contribution in [0.25, 0.3) is 0 Å². The Morgan fingerprint density at radius 2 is 1.92 bits per heavy atom. The molecule has 0 saturated heterocycles. The van der Waals surface area contributed by atoms with Crippen LogP contribution in [0, 0.1) is 0 Å². The number of benzene rings is 2. The molecule has 6 nitrogen and oxygen atoms in total. The monoisotopic (exact) mass is 353 g/mol. The molecule has 0 spiro atoms. The van der Waals surface area contributed by atoms with Crippen LogP contribution >= 0.6 is 0 Å². The van der Waals surface area contributed by atoms with Crippen LogP contribution in [0.5, 0.6) is 5.75 Å².